The number of nitrogens with one attached hydrogen (secondary N) is 3. The van der Waals surface area contributed by atoms with Crippen LogP contribution in [0.15, 0.2) is 36.7 Å². The zero-order valence-corrected chi connectivity index (χ0v) is 15.5. The van der Waals surface area contributed by atoms with Crippen molar-refractivity contribution in [2.24, 2.45) is 0 Å². The normalized spacial score (nSPS) is 9.93. The van der Waals surface area contributed by atoms with E-state index in [4.69, 9.17) is 9.47 Å². The van der Waals surface area contributed by atoms with Gasteiger partial charge in [0.1, 0.15) is 5.75 Å². The molecular weight excluding hydrogens is 366 g/mol. The standard InChI is InChI=1S/C18H21N5O5/c1-12(24)22-13-4-5-15(27-2)14(10-13)23-16(25)11-28-17(26)6-9-21-18-19-7-3-8-20-18/h3-5,7-8,10H,6,9,11H2,1-2H3,(H,22,24)(H,23,25)(H,19,20,21). The summed E-state index contributed by atoms with van der Waals surface area (Å²) in [5, 5.41) is 8.06. The molecule has 2 rings (SSSR count). The van der Waals surface area contributed by atoms with Gasteiger partial charge in [-0.2, -0.15) is 0 Å². The second kappa shape index (κ2) is 10.5. The highest BCUT2D eigenvalue weighted by Crippen LogP contribution is 2.27. The van der Waals surface area contributed by atoms with E-state index in [0.717, 1.165) is 0 Å². The van der Waals surface area contributed by atoms with Gasteiger partial charge in [-0.3, -0.25) is 14.4 Å². The summed E-state index contributed by atoms with van der Waals surface area (Å²) in [6.07, 6.45) is 3.20. The Kier molecular flexibility index (Phi) is 7.70. The van der Waals surface area contributed by atoms with E-state index in [1.54, 1.807) is 36.7 Å². The molecule has 0 aliphatic rings. The fraction of sp³-hybridized carbons (Fsp3) is 0.278. The second-order valence-electron chi connectivity index (χ2n) is 5.55. The first-order valence-corrected chi connectivity index (χ1v) is 8.40. The van der Waals surface area contributed by atoms with Crippen LogP contribution < -0.4 is 20.7 Å². The van der Waals surface area contributed by atoms with Crippen molar-refractivity contribution in [3.8, 4) is 5.75 Å². The first-order valence-electron chi connectivity index (χ1n) is 8.40. The molecule has 1 aromatic carbocycles. The molecule has 28 heavy (non-hydrogen) atoms. The number of amides is 2. The van der Waals surface area contributed by atoms with Crippen LogP contribution in [0, 0.1) is 0 Å². The van der Waals surface area contributed by atoms with Crippen molar-refractivity contribution in [2.45, 2.75) is 13.3 Å². The van der Waals surface area contributed by atoms with E-state index in [2.05, 4.69) is 25.9 Å². The summed E-state index contributed by atoms with van der Waals surface area (Å²) in [6.45, 7) is 1.20. The number of carbonyl (C=O) groups excluding carboxylic acids is 3. The number of aromatic nitrogens is 2. The highest BCUT2D eigenvalue weighted by Gasteiger charge is 2.12. The molecule has 0 fully saturated rings. The minimum atomic E-state index is -0.544. The molecule has 0 aliphatic carbocycles. The van der Waals surface area contributed by atoms with Crippen molar-refractivity contribution in [1.82, 2.24) is 9.97 Å². The lowest BCUT2D eigenvalue weighted by molar-refractivity contribution is -0.147. The molecule has 10 nitrogen and oxygen atoms in total. The molecule has 10 heteroatoms. The largest absolute Gasteiger partial charge is 0.495 e. The SMILES string of the molecule is COc1ccc(NC(C)=O)cc1NC(=O)COC(=O)CCNc1ncccn1. The van der Waals surface area contributed by atoms with Gasteiger partial charge in [0.2, 0.25) is 11.9 Å². The van der Waals surface area contributed by atoms with Gasteiger partial charge in [-0.25, -0.2) is 9.97 Å². The third-order valence-electron chi connectivity index (χ3n) is 3.34. The number of nitrogens with zero attached hydrogens (tertiary/aromatic N) is 2. The zero-order chi connectivity index (χ0) is 20.4. The van der Waals surface area contributed by atoms with Crippen LogP contribution in [0.5, 0.6) is 5.75 Å². The molecule has 0 unspecified atom stereocenters. The van der Waals surface area contributed by atoms with Gasteiger partial charge in [0.25, 0.3) is 5.91 Å². The summed E-state index contributed by atoms with van der Waals surface area (Å²) < 4.78 is 10.1. The van der Waals surface area contributed by atoms with Crippen LogP contribution in [0.4, 0.5) is 17.3 Å². The molecule has 2 aromatic rings. The molecule has 1 heterocycles. The average Bonchev–Trinajstić information content (AvgIpc) is 2.67. The Bertz CT molecular complexity index is 828. The van der Waals surface area contributed by atoms with Crippen LogP contribution in [-0.4, -0.2) is 48.0 Å². The molecule has 0 spiro atoms. The van der Waals surface area contributed by atoms with E-state index < -0.39 is 18.5 Å². The molecular formula is C18H21N5O5. The summed E-state index contributed by atoms with van der Waals surface area (Å²) in [5.41, 5.74) is 0.840. The van der Waals surface area contributed by atoms with Crippen molar-refractivity contribution < 1.29 is 23.9 Å². The lowest BCUT2D eigenvalue weighted by Gasteiger charge is -2.12. The van der Waals surface area contributed by atoms with Gasteiger partial charge in [0.15, 0.2) is 6.61 Å². The van der Waals surface area contributed by atoms with Crippen molar-refractivity contribution in [2.75, 3.05) is 36.2 Å². The molecule has 1 aromatic heterocycles. The molecule has 0 bridgehead atoms. The Hall–Kier alpha value is -3.69. The fourth-order valence-electron chi connectivity index (χ4n) is 2.16. The minimum Gasteiger partial charge on any atom is -0.495 e. The number of esters is 1. The number of benzene rings is 1. The Morgan fingerprint density at radius 1 is 1.11 bits per heavy atom. The molecule has 0 radical (unpaired) electrons. The number of anilines is 3. The molecule has 0 aliphatic heterocycles. The lowest BCUT2D eigenvalue weighted by atomic mass is 10.2. The Morgan fingerprint density at radius 3 is 2.54 bits per heavy atom. The predicted octanol–water partition coefficient (Wildman–Crippen LogP) is 1.43. The number of carbonyl (C=O) groups is 3. The van der Waals surface area contributed by atoms with E-state index in [0.29, 0.717) is 23.1 Å². The summed E-state index contributed by atoms with van der Waals surface area (Å²) in [4.78, 5) is 42.9. The van der Waals surface area contributed by atoms with Crippen molar-refractivity contribution in [1.29, 1.82) is 0 Å². The Balaban J connectivity index is 1.79. The van der Waals surface area contributed by atoms with Crippen LogP contribution in [0.25, 0.3) is 0 Å². The predicted molar refractivity (Wildman–Crippen MR) is 102 cm³/mol. The number of ether oxygens (including phenoxy) is 2. The van der Waals surface area contributed by atoms with Crippen LogP contribution >= 0.6 is 0 Å². The average molecular weight is 387 g/mol. The highest BCUT2D eigenvalue weighted by molar-refractivity contribution is 5.96. The van der Waals surface area contributed by atoms with Gasteiger partial charge in [-0.05, 0) is 24.3 Å². The first-order chi connectivity index (χ1) is 13.5. The monoisotopic (exact) mass is 387 g/mol. The van der Waals surface area contributed by atoms with Gasteiger partial charge in [0.05, 0.1) is 19.2 Å². The summed E-state index contributed by atoms with van der Waals surface area (Å²) in [7, 11) is 1.45. The molecule has 148 valence electrons. The quantitative estimate of drug-likeness (QED) is 0.551. The van der Waals surface area contributed by atoms with Crippen LogP contribution in [0.2, 0.25) is 0 Å². The van der Waals surface area contributed by atoms with E-state index >= 15 is 0 Å². The summed E-state index contributed by atoms with van der Waals surface area (Å²) >= 11 is 0. The van der Waals surface area contributed by atoms with Gasteiger partial charge in [0, 0.05) is 31.5 Å². The van der Waals surface area contributed by atoms with E-state index in [-0.39, 0.29) is 18.9 Å². The maximum absolute atomic E-state index is 12.0. The van der Waals surface area contributed by atoms with E-state index in [9.17, 15) is 14.4 Å². The van der Waals surface area contributed by atoms with E-state index in [1.165, 1.54) is 14.0 Å². The molecule has 2 amide bonds. The molecule has 0 saturated heterocycles. The third kappa shape index (κ3) is 6.90. The van der Waals surface area contributed by atoms with Gasteiger partial charge in [-0.15, -0.1) is 0 Å². The Labute approximate surface area is 161 Å². The second-order valence-corrected chi connectivity index (χ2v) is 5.55. The third-order valence-corrected chi connectivity index (χ3v) is 3.34. The highest BCUT2D eigenvalue weighted by atomic mass is 16.5. The number of methoxy groups -OCH3 is 1. The first kappa shape index (κ1) is 20.6. The maximum atomic E-state index is 12.0. The number of hydrogen-bond acceptors (Lipinski definition) is 8. The van der Waals surface area contributed by atoms with Crippen molar-refractivity contribution in [3.63, 3.8) is 0 Å². The van der Waals surface area contributed by atoms with Crippen LogP contribution in [0.1, 0.15) is 13.3 Å². The summed E-state index contributed by atoms with van der Waals surface area (Å²) in [5.74, 6) is -0.519. The van der Waals surface area contributed by atoms with Gasteiger partial charge < -0.3 is 25.4 Å². The molecule has 0 atom stereocenters. The number of rotatable bonds is 9. The smallest absolute Gasteiger partial charge is 0.308 e. The Morgan fingerprint density at radius 2 is 1.86 bits per heavy atom. The van der Waals surface area contributed by atoms with Gasteiger partial charge >= 0.3 is 5.97 Å². The number of hydrogen-bond donors (Lipinski definition) is 3. The maximum Gasteiger partial charge on any atom is 0.308 e. The van der Waals surface area contributed by atoms with Crippen LogP contribution in [0.3, 0.4) is 0 Å². The van der Waals surface area contributed by atoms with Gasteiger partial charge in [-0.1, -0.05) is 0 Å². The summed E-state index contributed by atoms with van der Waals surface area (Å²) in [6, 6.07) is 6.46. The molecule has 3 N–H and O–H groups in total. The zero-order valence-electron chi connectivity index (χ0n) is 15.5. The topological polar surface area (TPSA) is 132 Å². The van der Waals surface area contributed by atoms with Crippen molar-refractivity contribution >= 4 is 35.1 Å². The molecule has 0 saturated carbocycles. The minimum absolute atomic E-state index is 0.0485. The van der Waals surface area contributed by atoms with E-state index in [1.807, 2.05) is 0 Å². The van der Waals surface area contributed by atoms with Crippen LogP contribution in [-0.2, 0) is 19.1 Å². The fourth-order valence-corrected chi connectivity index (χ4v) is 2.16. The lowest BCUT2D eigenvalue weighted by Crippen LogP contribution is -2.22. The van der Waals surface area contributed by atoms with Crippen molar-refractivity contribution in [3.05, 3.63) is 36.7 Å².